The minimum absolute atomic E-state index is 0.0907. The first kappa shape index (κ1) is 26.6. The molecule has 0 radical (unpaired) electrons. The van der Waals surface area contributed by atoms with Crippen LogP contribution in [-0.2, 0) is 6.42 Å². The zero-order chi connectivity index (χ0) is 26.9. The Labute approximate surface area is 219 Å². The number of para-hydroxylation sites is 2. The number of carbonyl (C=O) groups is 2. The van der Waals surface area contributed by atoms with Gasteiger partial charge in [-0.15, -0.1) is 0 Å². The maximum Gasteiger partial charge on any atom is 0.407 e. The quantitative estimate of drug-likeness (QED) is 0.239. The number of carbonyl (C=O) groups excluding carboxylic acids is 1. The molecule has 0 bridgehead atoms. The first-order chi connectivity index (χ1) is 18.4. The Morgan fingerprint density at radius 2 is 1.68 bits per heavy atom. The Balaban J connectivity index is 1.37. The highest BCUT2D eigenvalue weighted by molar-refractivity contribution is 6.11. The van der Waals surface area contributed by atoms with Crippen LogP contribution in [0.2, 0.25) is 0 Å². The Kier molecular flexibility index (Phi) is 8.86. The van der Waals surface area contributed by atoms with Gasteiger partial charge in [0.2, 0.25) is 0 Å². The fourth-order valence-corrected chi connectivity index (χ4v) is 4.13. The fourth-order valence-electron chi connectivity index (χ4n) is 4.13. The Morgan fingerprint density at radius 1 is 0.947 bits per heavy atom. The van der Waals surface area contributed by atoms with Crippen LogP contribution in [0.5, 0.6) is 5.75 Å². The van der Waals surface area contributed by atoms with E-state index in [0.29, 0.717) is 22.5 Å². The average molecular weight is 516 g/mol. The van der Waals surface area contributed by atoms with Crippen LogP contribution in [0.15, 0.2) is 91.1 Å². The summed E-state index contributed by atoms with van der Waals surface area (Å²) >= 11 is 0. The summed E-state index contributed by atoms with van der Waals surface area (Å²) in [6.07, 6.45) is -0.477. The molecule has 2 amide bonds. The summed E-state index contributed by atoms with van der Waals surface area (Å²) in [5.74, 6) is 0.273. The maximum absolute atomic E-state index is 12.9. The van der Waals surface area contributed by atoms with E-state index in [2.05, 4.69) is 10.3 Å². The molecule has 1 heterocycles. The second-order valence-electron chi connectivity index (χ2n) is 8.79. The predicted octanol–water partition coefficient (Wildman–Crippen LogP) is 3.81. The van der Waals surface area contributed by atoms with Crippen molar-refractivity contribution < 1.29 is 29.6 Å². The lowest BCUT2D eigenvalue weighted by Gasteiger charge is -2.30. The van der Waals surface area contributed by atoms with Gasteiger partial charge in [-0.3, -0.25) is 9.78 Å². The number of amides is 2. The number of anilines is 1. The van der Waals surface area contributed by atoms with E-state index in [9.17, 15) is 24.9 Å². The van der Waals surface area contributed by atoms with E-state index in [1.54, 1.807) is 66.9 Å². The number of benzene rings is 3. The van der Waals surface area contributed by atoms with Crippen molar-refractivity contribution in [3.8, 4) is 5.75 Å². The van der Waals surface area contributed by atoms with Gasteiger partial charge in [0.1, 0.15) is 18.5 Å². The molecule has 0 fully saturated rings. The molecule has 2 atom stereocenters. The van der Waals surface area contributed by atoms with Crippen molar-refractivity contribution in [3.05, 3.63) is 102 Å². The number of aliphatic hydroxyl groups excluding tert-OH is 2. The normalized spacial score (nSPS) is 12.5. The number of ether oxygens (including phenoxy) is 1. The van der Waals surface area contributed by atoms with E-state index in [0.717, 1.165) is 15.8 Å². The zero-order valence-corrected chi connectivity index (χ0v) is 20.6. The van der Waals surface area contributed by atoms with Gasteiger partial charge < -0.3 is 30.3 Å². The lowest BCUT2D eigenvalue weighted by Crippen LogP contribution is -2.48. The SMILES string of the molecule is O=C(Nc1ccc(C[C@@H](CO)N(C[C@H](O)COc2ccccc2)C(=O)O)cc1)c1cccc2cccnc12. The Morgan fingerprint density at radius 3 is 2.39 bits per heavy atom. The summed E-state index contributed by atoms with van der Waals surface area (Å²) in [4.78, 5) is 30.1. The highest BCUT2D eigenvalue weighted by Crippen LogP contribution is 2.19. The second-order valence-corrected chi connectivity index (χ2v) is 8.79. The third-order valence-electron chi connectivity index (χ3n) is 6.05. The molecule has 3 aromatic carbocycles. The summed E-state index contributed by atoms with van der Waals surface area (Å²) < 4.78 is 5.51. The summed E-state index contributed by atoms with van der Waals surface area (Å²) in [5, 5.41) is 33.7. The van der Waals surface area contributed by atoms with Crippen LogP contribution in [0, 0.1) is 0 Å². The van der Waals surface area contributed by atoms with E-state index in [1.165, 1.54) is 0 Å². The van der Waals surface area contributed by atoms with E-state index < -0.39 is 24.8 Å². The molecule has 38 heavy (non-hydrogen) atoms. The predicted molar refractivity (Wildman–Crippen MR) is 143 cm³/mol. The molecule has 0 aliphatic carbocycles. The van der Waals surface area contributed by atoms with Crippen molar-refractivity contribution in [2.75, 3.05) is 25.1 Å². The number of aromatic nitrogens is 1. The highest BCUT2D eigenvalue weighted by atomic mass is 16.5. The average Bonchev–Trinajstić information content (AvgIpc) is 2.94. The molecule has 4 aromatic rings. The van der Waals surface area contributed by atoms with Crippen LogP contribution in [0.1, 0.15) is 15.9 Å². The van der Waals surface area contributed by atoms with Crippen molar-refractivity contribution in [2.45, 2.75) is 18.6 Å². The summed E-state index contributed by atoms with van der Waals surface area (Å²) in [6.45, 7) is -0.738. The van der Waals surface area contributed by atoms with Gasteiger partial charge in [0.15, 0.2) is 0 Å². The first-order valence-corrected chi connectivity index (χ1v) is 12.1. The summed E-state index contributed by atoms with van der Waals surface area (Å²) in [7, 11) is 0. The summed E-state index contributed by atoms with van der Waals surface area (Å²) in [6, 6.07) is 24.2. The summed E-state index contributed by atoms with van der Waals surface area (Å²) in [5.41, 5.74) is 2.39. The molecule has 196 valence electrons. The topological polar surface area (TPSA) is 132 Å². The van der Waals surface area contributed by atoms with Crippen LogP contribution in [0.3, 0.4) is 0 Å². The smallest absolute Gasteiger partial charge is 0.407 e. The molecule has 0 spiro atoms. The molecule has 9 heteroatoms. The number of nitrogens with zero attached hydrogens (tertiary/aromatic N) is 2. The molecule has 0 unspecified atom stereocenters. The second kappa shape index (κ2) is 12.7. The molecule has 0 saturated heterocycles. The Bertz CT molecular complexity index is 1360. The molecule has 4 rings (SSSR count). The standard InChI is InChI=1S/C29H29N3O6/c33-18-23(32(29(36)37)17-24(34)19-38-25-8-2-1-3-9-25)16-20-11-13-22(14-12-20)31-28(35)26-10-4-6-21-7-5-15-30-27(21)26/h1-15,23-24,33-34H,16-19H2,(H,31,35)(H,36,37)/t23-,24-/m0/s1. The lowest BCUT2D eigenvalue weighted by molar-refractivity contribution is 0.0388. The van der Waals surface area contributed by atoms with Crippen molar-refractivity contribution >= 4 is 28.6 Å². The van der Waals surface area contributed by atoms with Crippen molar-refractivity contribution in [1.29, 1.82) is 0 Å². The van der Waals surface area contributed by atoms with Gasteiger partial charge in [-0.2, -0.15) is 0 Å². The van der Waals surface area contributed by atoms with E-state index in [1.807, 2.05) is 24.3 Å². The van der Waals surface area contributed by atoms with Gasteiger partial charge >= 0.3 is 6.09 Å². The molecule has 0 aliphatic rings. The number of aliphatic hydroxyl groups is 2. The van der Waals surface area contributed by atoms with Crippen molar-refractivity contribution in [1.82, 2.24) is 9.88 Å². The fraction of sp³-hybridized carbons (Fsp3) is 0.207. The van der Waals surface area contributed by atoms with Crippen LogP contribution >= 0.6 is 0 Å². The molecule has 0 aliphatic heterocycles. The monoisotopic (exact) mass is 515 g/mol. The van der Waals surface area contributed by atoms with Crippen LogP contribution in [0.4, 0.5) is 10.5 Å². The highest BCUT2D eigenvalue weighted by Gasteiger charge is 2.26. The number of hydrogen-bond donors (Lipinski definition) is 4. The van der Waals surface area contributed by atoms with Gasteiger partial charge in [-0.25, -0.2) is 4.79 Å². The number of carboxylic acid groups (broad SMARTS) is 1. The molecular weight excluding hydrogens is 486 g/mol. The van der Waals surface area contributed by atoms with Gasteiger partial charge in [0.05, 0.1) is 30.3 Å². The van der Waals surface area contributed by atoms with Crippen molar-refractivity contribution in [3.63, 3.8) is 0 Å². The van der Waals surface area contributed by atoms with Gasteiger partial charge in [-0.1, -0.05) is 48.5 Å². The zero-order valence-electron chi connectivity index (χ0n) is 20.6. The lowest BCUT2D eigenvalue weighted by atomic mass is 10.0. The number of hydrogen-bond acceptors (Lipinski definition) is 6. The van der Waals surface area contributed by atoms with E-state index in [-0.39, 0.29) is 25.5 Å². The van der Waals surface area contributed by atoms with Crippen molar-refractivity contribution in [2.24, 2.45) is 0 Å². The molecular formula is C29H29N3O6. The van der Waals surface area contributed by atoms with Crippen LogP contribution < -0.4 is 10.1 Å². The Hall–Kier alpha value is -4.47. The third kappa shape index (κ3) is 6.84. The minimum Gasteiger partial charge on any atom is -0.491 e. The molecule has 4 N–H and O–H groups in total. The van der Waals surface area contributed by atoms with Gasteiger partial charge in [-0.05, 0) is 48.4 Å². The molecule has 9 nitrogen and oxygen atoms in total. The van der Waals surface area contributed by atoms with Crippen LogP contribution in [0.25, 0.3) is 10.9 Å². The third-order valence-corrected chi connectivity index (χ3v) is 6.05. The number of rotatable bonds is 11. The van der Waals surface area contributed by atoms with E-state index >= 15 is 0 Å². The number of nitrogens with one attached hydrogen (secondary N) is 1. The van der Waals surface area contributed by atoms with Gasteiger partial charge in [0.25, 0.3) is 5.91 Å². The van der Waals surface area contributed by atoms with Crippen LogP contribution in [-0.4, -0.2) is 69.1 Å². The number of pyridine rings is 1. The molecule has 1 aromatic heterocycles. The minimum atomic E-state index is -1.25. The largest absolute Gasteiger partial charge is 0.491 e. The maximum atomic E-state index is 12.9. The first-order valence-electron chi connectivity index (χ1n) is 12.1. The number of fused-ring (bicyclic) bond motifs is 1. The molecule has 0 saturated carbocycles. The van der Waals surface area contributed by atoms with Gasteiger partial charge in [0, 0.05) is 17.3 Å². The van der Waals surface area contributed by atoms with E-state index in [4.69, 9.17) is 4.74 Å².